The summed E-state index contributed by atoms with van der Waals surface area (Å²) in [5.41, 5.74) is 0.226. The summed E-state index contributed by atoms with van der Waals surface area (Å²) < 4.78 is 0. The Morgan fingerprint density at radius 2 is 1.13 bits per heavy atom. The molecule has 2 atom stereocenters. The van der Waals surface area contributed by atoms with Crippen LogP contribution in [-0.4, -0.2) is 57.6 Å². The predicted octanol–water partition coefficient (Wildman–Crippen LogP) is 6.65. The molecule has 222 valence electrons. The molecule has 2 heterocycles. The lowest BCUT2D eigenvalue weighted by Crippen LogP contribution is -2.65. The van der Waals surface area contributed by atoms with E-state index < -0.39 is 0 Å². The van der Waals surface area contributed by atoms with Gasteiger partial charge in [0.25, 0.3) is 0 Å². The number of piperidine rings is 2. The topological polar surface area (TPSA) is 56.4 Å². The van der Waals surface area contributed by atoms with Crippen LogP contribution < -0.4 is 16.0 Å². The second-order valence-electron chi connectivity index (χ2n) is 18.6. The van der Waals surface area contributed by atoms with Crippen molar-refractivity contribution in [3.05, 3.63) is 0 Å². The highest BCUT2D eigenvalue weighted by Crippen LogP contribution is 2.48. The van der Waals surface area contributed by atoms with E-state index in [9.17, 15) is 4.79 Å². The normalized spacial score (nSPS) is 33.1. The summed E-state index contributed by atoms with van der Waals surface area (Å²) in [4.78, 5) is 16.4. The van der Waals surface area contributed by atoms with Crippen molar-refractivity contribution in [2.75, 3.05) is 6.54 Å². The number of rotatable bonds is 5. The van der Waals surface area contributed by atoms with Gasteiger partial charge in [0.1, 0.15) is 0 Å². The van der Waals surface area contributed by atoms with Gasteiger partial charge in [-0.15, -0.1) is 0 Å². The average molecular weight is 533 g/mol. The van der Waals surface area contributed by atoms with Gasteiger partial charge < -0.3 is 20.9 Å². The highest BCUT2D eigenvalue weighted by molar-refractivity contribution is 5.82. The summed E-state index contributed by atoms with van der Waals surface area (Å²) in [6.45, 7) is 33.1. The quantitative estimate of drug-likeness (QED) is 0.371. The fraction of sp³-hybridized carbons (Fsp3) is 0.970. The minimum Gasteiger partial charge on any atom is -0.339 e. The van der Waals surface area contributed by atoms with Gasteiger partial charge in [-0.05, 0) is 111 Å². The second kappa shape index (κ2) is 10.0. The van der Waals surface area contributed by atoms with Crippen LogP contribution in [0.25, 0.3) is 0 Å². The van der Waals surface area contributed by atoms with E-state index in [0.717, 1.165) is 45.1 Å². The fourth-order valence-electron chi connectivity index (χ4n) is 9.34. The van der Waals surface area contributed by atoms with Crippen LogP contribution in [0.15, 0.2) is 0 Å². The van der Waals surface area contributed by atoms with Gasteiger partial charge in [0.15, 0.2) is 0 Å². The number of amides is 1. The Morgan fingerprint density at radius 3 is 1.58 bits per heavy atom. The minimum atomic E-state index is -0.385. The van der Waals surface area contributed by atoms with Crippen LogP contribution in [0, 0.1) is 16.2 Å². The Balaban J connectivity index is 1.87. The van der Waals surface area contributed by atoms with Gasteiger partial charge in [-0.2, -0.15) is 0 Å². The van der Waals surface area contributed by atoms with E-state index in [1.54, 1.807) is 0 Å². The molecule has 5 heteroatoms. The van der Waals surface area contributed by atoms with Crippen molar-refractivity contribution in [2.24, 2.45) is 16.2 Å². The summed E-state index contributed by atoms with van der Waals surface area (Å²) in [7, 11) is 0. The zero-order chi connectivity index (χ0) is 29.2. The van der Waals surface area contributed by atoms with Gasteiger partial charge in [0, 0.05) is 52.2 Å². The first kappa shape index (κ1) is 31.9. The Bertz CT molecular complexity index is 833. The third-order valence-electron chi connectivity index (χ3n) is 9.17. The highest BCUT2D eigenvalue weighted by Gasteiger charge is 2.48. The third-order valence-corrected chi connectivity index (χ3v) is 9.17. The van der Waals surface area contributed by atoms with Crippen LogP contribution in [0.2, 0.25) is 0 Å². The molecule has 5 nitrogen and oxygen atoms in total. The van der Waals surface area contributed by atoms with Crippen molar-refractivity contribution in [2.45, 2.75) is 182 Å². The molecule has 0 radical (unpaired) electrons. The first-order valence-corrected chi connectivity index (χ1v) is 15.5. The van der Waals surface area contributed by atoms with Crippen molar-refractivity contribution >= 4 is 5.91 Å². The van der Waals surface area contributed by atoms with Crippen molar-refractivity contribution in [1.82, 2.24) is 20.9 Å². The number of carbonyl (C=O) groups excluding carboxylic acids is 1. The Kier molecular flexibility index (Phi) is 8.40. The summed E-state index contributed by atoms with van der Waals surface area (Å²) in [6, 6.07) is 1.25. The van der Waals surface area contributed by atoms with E-state index in [4.69, 9.17) is 0 Å². The van der Waals surface area contributed by atoms with Crippen molar-refractivity contribution in [3.63, 3.8) is 0 Å². The van der Waals surface area contributed by atoms with Crippen LogP contribution in [-0.2, 0) is 4.79 Å². The monoisotopic (exact) mass is 533 g/mol. The van der Waals surface area contributed by atoms with Crippen LogP contribution >= 0.6 is 0 Å². The van der Waals surface area contributed by atoms with E-state index >= 15 is 0 Å². The molecule has 2 unspecified atom stereocenters. The van der Waals surface area contributed by atoms with Gasteiger partial charge in [-0.3, -0.25) is 4.79 Å². The summed E-state index contributed by atoms with van der Waals surface area (Å²) in [6.07, 6.45) is 7.79. The third kappa shape index (κ3) is 8.43. The van der Waals surface area contributed by atoms with E-state index in [1.807, 2.05) is 0 Å². The fourth-order valence-corrected chi connectivity index (χ4v) is 9.34. The molecule has 3 rings (SSSR count). The van der Waals surface area contributed by atoms with E-state index in [0.29, 0.717) is 18.0 Å². The molecular formula is C33H64N4O. The molecule has 2 saturated heterocycles. The smallest absolute Gasteiger partial charge is 0.228 e. The minimum absolute atomic E-state index is 0.00822. The SMILES string of the molecule is CC1(C)CC(NC2CC(C)(C)NC(C)(C)C2)CC(C)(CN(C(=O)C(C)(C)C)C2CC(C)(C)NC(C)(C)C2)C1. The molecule has 38 heavy (non-hydrogen) atoms. The zero-order valence-corrected chi connectivity index (χ0v) is 27.7. The lowest BCUT2D eigenvalue weighted by molar-refractivity contribution is -0.147. The first-order chi connectivity index (χ1) is 16.8. The van der Waals surface area contributed by atoms with Gasteiger partial charge in [0.2, 0.25) is 5.91 Å². The maximum absolute atomic E-state index is 14.1. The van der Waals surface area contributed by atoms with Crippen LogP contribution in [0.5, 0.6) is 0 Å². The van der Waals surface area contributed by atoms with E-state index in [-0.39, 0.29) is 44.4 Å². The van der Waals surface area contributed by atoms with E-state index in [2.05, 4.69) is 118 Å². The molecule has 2 aliphatic heterocycles. The first-order valence-electron chi connectivity index (χ1n) is 15.5. The lowest BCUT2D eigenvalue weighted by atomic mass is 9.62. The number of nitrogens with zero attached hydrogens (tertiary/aromatic N) is 1. The Hall–Kier alpha value is -0.650. The predicted molar refractivity (Wildman–Crippen MR) is 162 cm³/mol. The molecular weight excluding hydrogens is 468 g/mol. The van der Waals surface area contributed by atoms with Crippen molar-refractivity contribution < 1.29 is 4.79 Å². The standard InChI is InChI=1S/C33H64N4O/c1-27(2,3)26(38)37(25-19-31(10,11)36-32(12,13)20-25)22-33(14)18-23(15-28(4,5)21-33)34-24-16-29(6,7)35-30(8,9)17-24/h23-25,34-36H,15-22H2,1-14H3. The molecule has 0 aromatic carbocycles. The maximum atomic E-state index is 14.1. The zero-order valence-electron chi connectivity index (χ0n) is 27.7. The molecule has 1 amide bonds. The summed E-state index contributed by atoms with van der Waals surface area (Å²) in [5.74, 6) is 0.312. The molecule has 1 aliphatic carbocycles. The number of carbonyl (C=O) groups is 1. The largest absolute Gasteiger partial charge is 0.339 e. The van der Waals surface area contributed by atoms with Crippen LogP contribution in [0.4, 0.5) is 0 Å². The molecule has 3 N–H and O–H groups in total. The number of hydrogen-bond donors (Lipinski definition) is 3. The number of nitrogens with one attached hydrogen (secondary N) is 3. The average Bonchev–Trinajstić information content (AvgIpc) is 2.57. The van der Waals surface area contributed by atoms with Gasteiger partial charge >= 0.3 is 0 Å². The van der Waals surface area contributed by atoms with Crippen molar-refractivity contribution in [1.29, 1.82) is 0 Å². The highest BCUT2D eigenvalue weighted by atomic mass is 16.2. The van der Waals surface area contributed by atoms with Crippen molar-refractivity contribution in [3.8, 4) is 0 Å². The van der Waals surface area contributed by atoms with E-state index in [1.165, 1.54) is 6.42 Å². The van der Waals surface area contributed by atoms with Gasteiger partial charge in [0.05, 0.1) is 0 Å². The summed E-state index contributed by atoms with van der Waals surface area (Å²) >= 11 is 0. The Labute approximate surface area is 236 Å². The Morgan fingerprint density at radius 1 is 0.711 bits per heavy atom. The maximum Gasteiger partial charge on any atom is 0.228 e. The molecule has 0 bridgehead atoms. The van der Waals surface area contributed by atoms with Gasteiger partial charge in [-0.25, -0.2) is 0 Å². The summed E-state index contributed by atoms with van der Waals surface area (Å²) in [5, 5.41) is 11.8. The van der Waals surface area contributed by atoms with Gasteiger partial charge in [-0.1, -0.05) is 41.5 Å². The molecule has 0 spiro atoms. The molecule has 3 aliphatic rings. The molecule has 0 aromatic rings. The number of hydrogen-bond acceptors (Lipinski definition) is 4. The molecule has 1 saturated carbocycles. The second-order valence-corrected chi connectivity index (χ2v) is 18.6. The lowest BCUT2D eigenvalue weighted by Gasteiger charge is -2.55. The molecule has 0 aromatic heterocycles. The molecule has 3 fully saturated rings. The van der Waals surface area contributed by atoms with Crippen LogP contribution in [0.1, 0.15) is 142 Å². The van der Waals surface area contributed by atoms with Crippen LogP contribution in [0.3, 0.4) is 0 Å².